The fourth-order valence-corrected chi connectivity index (χ4v) is 5.80. The molecule has 2 N–H and O–H groups in total. The minimum absolute atomic E-state index is 0.0697. The van der Waals surface area contributed by atoms with Gasteiger partial charge in [0.15, 0.2) is 0 Å². The molecular formula is C27H37N3O4. The Hall–Kier alpha value is -2.38. The number of ether oxygens (including phenoxy) is 2. The first-order valence-electron chi connectivity index (χ1n) is 13.0. The second-order valence-corrected chi connectivity index (χ2v) is 10.3. The van der Waals surface area contributed by atoms with Gasteiger partial charge in [0.1, 0.15) is 17.9 Å². The Morgan fingerprint density at radius 1 is 1.09 bits per heavy atom. The van der Waals surface area contributed by atoms with E-state index in [2.05, 4.69) is 17.2 Å². The third-order valence-corrected chi connectivity index (χ3v) is 7.86. The van der Waals surface area contributed by atoms with E-state index in [1.54, 1.807) is 4.90 Å². The lowest BCUT2D eigenvalue weighted by molar-refractivity contribution is -0.126. The molecule has 3 fully saturated rings. The fourth-order valence-electron chi connectivity index (χ4n) is 5.80. The van der Waals surface area contributed by atoms with Gasteiger partial charge in [-0.2, -0.15) is 0 Å². The Balaban J connectivity index is 1.24. The van der Waals surface area contributed by atoms with Crippen LogP contribution in [0, 0.1) is 5.92 Å². The lowest BCUT2D eigenvalue weighted by Crippen LogP contribution is -2.49. The number of rotatable bonds is 6. The van der Waals surface area contributed by atoms with Crippen molar-refractivity contribution in [2.75, 3.05) is 19.8 Å². The number of hydrogen-bond donors (Lipinski definition) is 2. The second-order valence-electron chi connectivity index (χ2n) is 10.3. The van der Waals surface area contributed by atoms with Crippen LogP contribution < -0.4 is 15.4 Å². The van der Waals surface area contributed by atoms with Gasteiger partial charge in [0.2, 0.25) is 5.91 Å². The molecule has 3 aliphatic heterocycles. The molecule has 2 amide bonds. The summed E-state index contributed by atoms with van der Waals surface area (Å²) in [6.07, 6.45) is 9.55. The molecule has 0 radical (unpaired) electrons. The zero-order chi connectivity index (χ0) is 23.5. The zero-order valence-electron chi connectivity index (χ0n) is 20.0. The maximum absolute atomic E-state index is 13.0. The number of carbonyl (C=O) groups excluding carboxylic acids is 2. The summed E-state index contributed by atoms with van der Waals surface area (Å²) in [4.78, 5) is 27.2. The summed E-state index contributed by atoms with van der Waals surface area (Å²) in [6.45, 7) is 7.06. The first-order valence-corrected chi connectivity index (χ1v) is 13.0. The van der Waals surface area contributed by atoms with Crippen molar-refractivity contribution in [3.8, 4) is 5.75 Å². The smallest absolute Gasteiger partial charge is 0.255 e. The Bertz CT molecular complexity index is 926. The summed E-state index contributed by atoms with van der Waals surface area (Å²) in [6, 6.07) is 5.70. The Kier molecular flexibility index (Phi) is 7.21. The van der Waals surface area contributed by atoms with Gasteiger partial charge in [-0.25, -0.2) is 0 Å². The van der Waals surface area contributed by atoms with E-state index < -0.39 is 6.04 Å². The monoisotopic (exact) mass is 467 g/mol. The predicted molar refractivity (Wildman–Crippen MR) is 129 cm³/mol. The average molecular weight is 468 g/mol. The standard InChI is InChI=1S/C27H37N3O4/c1-18-7-10-24(26(31)29-18)30-17-20-15-21(8-9-22(20)27(30)32)34-25-6-4-2-3-5-23(25)28-16-19-11-13-33-14-12-19/h8-9,15,19,23-25,28H,1-7,10-14,16-17H2,(H,29,31)/t23-,24?,25-/m0/s1. The number of hydrogen-bond acceptors (Lipinski definition) is 5. The molecule has 1 aliphatic carbocycles. The molecule has 0 aromatic heterocycles. The molecular weight excluding hydrogens is 430 g/mol. The normalized spacial score (nSPS) is 28.4. The number of carbonyl (C=O) groups is 2. The van der Waals surface area contributed by atoms with E-state index in [9.17, 15) is 9.59 Å². The molecule has 184 valence electrons. The molecule has 3 heterocycles. The van der Waals surface area contributed by atoms with Gasteiger partial charge in [-0.15, -0.1) is 0 Å². The van der Waals surface area contributed by atoms with Gasteiger partial charge in [0.05, 0.1) is 0 Å². The maximum atomic E-state index is 13.0. The van der Waals surface area contributed by atoms with Gasteiger partial charge in [-0.3, -0.25) is 9.59 Å². The van der Waals surface area contributed by atoms with Crippen LogP contribution in [0.4, 0.5) is 0 Å². The van der Waals surface area contributed by atoms with Crippen molar-refractivity contribution in [3.05, 3.63) is 41.6 Å². The summed E-state index contributed by atoms with van der Waals surface area (Å²) < 4.78 is 12.1. The zero-order valence-corrected chi connectivity index (χ0v) is 20.0. The third kappa shape index (κ3) is 5.15. The molecule has 0 bridgehead atoms. The minimum Gasteiger partial charge on any atom is -0.489 e. The molecule has 4 aliphatic rings. The quantitative estimate of drug-likeness (QED) is 0.626. The topological polar surface area (TPSA) is 79.9 Å². The van der Waals surface area contributed by atoms with Gasteiger partial charge in [-0.05, 0) is 81.2 Å². The van der Waals surface area contributed by atoms with E-state index in [1.807, 2.05) is 18.2 Å². The van der Waals surface area contributed by atoms with Crippen LogP contribution >= 0.6 is 0 Å². The van der Waals surface area contributed by atoms with Crippen molar-refractivity contribution in [3.63, 3.8) is 0 Å². The van der Waals surface area contributed by atoms with Crippen LogP contribution in [0.5, 0.6) is 5.75 Å². The summed E-state index contributed by atoms with van der Waals surface area (Å²) in [5, 5.41) is 6.62. The molecule has 7 heteroatoms. The lowest BCUT2D eigenvalue weighted by Gasteiger charge is -2.31. The molecule has 7 nitrogen and oxygen atoms in total. The highest BCUT2D eigenvalue weighted by Crippen LogP contribution is 2.32. The van der Waals surface area contributed by atoms with E-state index in [0.717, 1.165) is 62.5 Å². The van der Waals surface area contributed by atoms with E-state index in [1.165, 1.54) is 19.3 Å². The van der Waals surface area contributed by atoms with Crippen LogP contribution in [0.15, 0.2) is 30.5 Å². The summed E-state index contributed by atoms with van der Waals surface area (Å²) in [5.74, 6) is 1.30. The van der Waals surface area contributed by atoms with Crippen molar-refractivity contribution in [1.82, 2.24) is 15.5 Å². The largest absolute Gasteiger partial charge is 0.489 e. The molecule has 1 unspecified atom stereocenters. The van der Waals surface area contributed by atoms with Gasteiger partial charge in [-0.1, -0.05) is 19.4 Å². The summed E-state index contributed by atoms with van der Waals surface area (Å²) in [5.41, 5.74) is 2.35. The molecule has 1 saturated carbocycles. The van der Waals surface area contributed by atoms with Gasteiger partial charge in [0.25, 0.3) is 5.91 Å². The van der Waals surface area contributed by atoms with Gasteiger partial charge in [0, 0.05) is 37.1 Å². The SMILES string of the molecule is C=C1CCC(N2Cc3cc(O[C@H]4CCCCC[C@@H]4NCC4CCOCC4)ccc3C2=O)C(=O)N1. The van der Waals surface area contributed by atoms with Crippen molar-refractivity contribution in [2.45, 2.75) is 82.5 Å². The Morgan fingerprint density at radius 3 is 2.74 bits per heavy atom. The first-order chi connectivity index (χ1) is 16.6. The highest BCUT2D eigenvalue weighted by molar-refractivity contribution is 6.01. The Morgan fingerprint density at radius 2 is 1.91 bits per heavy atom. The maximum Gasteiger partial charge on any atom is 0.255 e. The number of allylic oxidation sites excluding steroid dienone is 1. The number of piperidine rings is 1. The van der Waals surface area contributed by atoms with Crippen LogP contribution in [0.25, 0.3) is 0 Å². The summed E-state index contributed by atoms with van der Waals surface area (Å²) in [7, 11) is 0. The number of nitrogens with one attached hydrogen (secondary N) is 2. The van der Waals surface area contributed by atoms with Crippen LogP contribution in [-0.2, 0) is 16.1 Å². The lowest BCUT2D eigenvalue weighted by atomic mass is 9.98. The number of amides is 2. The van der Waals surface area contributed by atoms with E-state index >= 15 is 0 Å². The highest BCUT2D eigenvalue weighted by Gasteiger charge is 2.38. The average Bonchev–Trinajstić information content (AvgIpc) is 3.00. The number of benzene rings is 1. The van der Waals surface area contributed by atoms with E-state index in [4.69, 9.17) is 9.47 Å². The van der Waals surface area contributed by atoms with Crippen LogP contribution in [0.3, 0.4) is 0 Å². The third-order valence-electron chi connectivity index (χ3n) is 7.86. The van der Waals surface area contributed by atoms with Crippen molar-refractivity contribution >= 4 is 11.8 Å². The van der Waals surface area contributed by atoms with Crippen LogP contribution in [0.2, 0.25) is 0 Å². The van der Waals surface area contributed by atoms with Gasteiger partial charge >= 0.3 is 0 Å². The number of fused-ring (bicyclic) bond motifs is 1. The molecule has 2 saturated heterocycles. The number of nitrogens with zero attached hydrogens (tertiary/aromatic N) is 1. The molecule has 34 heavy (non-hydrogen) atoms. The Labute approximate surface area is 202 Å². The van der Waals surface area contributed by atoms with Crippen molar-refractivity contribution in [2.24, 2.45) is 5.92 Å². The fraction of sp³-hybridized carbons (Fsp3) is 0.630. The summed E-state index contributed by atoms with van der Waals surface area (Å²) >= 11 is 0. The molecule has 1 aromatic rings. The molecule has 1 aromatic carbocycles. The van der Waals surface area contributed by atoms with Crippen molar-refractivity contribution < 1.29 is 19.1 Å². The van der Waals surface area contributed by atoms with Crippen LogP contribution in [0.1, 0.15) is 73.7 Å². The van der Waals surface area contributed by atoms with Crippen LogP contribution in [-0.4, -0.2) is 54.7 Å². The predicted octanol–water partition coefficient (Wildman–Crippen LogP) is 3.53. The molecule has 0 spiro atoms. The van der Waals surface area contributed by atoms with E-state index in [-0.39, 0.29) is 17.9 Å². The minimum atomic E-state index is -0.435. The first kappa shape index (κ1) is 23.4. The van der Waals surface area contributed by atoms with Crippen molar-refractivity contribution in [1.29, 1.82) is 0 Å². The second kappa shape index (κ2) is 10.5. The van der Waals surface area contributed by atoms with Gasteiger partial charge < -0.3 is 25.0 Å². The highest BCUT2D eigenvalue weighted by atomic mass is 16.5. The van der Waals surface area contributed by atoms with E-state index in [0.29, 0.717) is 36.9 Å². The molecule has 5 rings (SSSR count). The molecule has 3 atom stereocenters.